The van der Waals surface area contributed by atoms with Crippen LogP contribution in [-0.4, -0.2) is 35.5 Å². The molecule has 0 bridgehead atoms. The molecule has 0 aliphatic carbocycles. The number of cyclic esters (lactones) is 1. The van der Waals surface area contributed by atoms with Crippen LogP contribution in [0.3, 0.4) is 0 Å². The molecule has 0 radical (unpaired) electrons. The van der Waals surface area contributed by atoms with E-state index in [0.717, 1.165) is 16.7 Å². The second-order valence-electron chi connectivity index (χ2n) is 11.9. The molecule has 220 valence electrons. The van der Waals surface area contributed by atoms with Crippen molar-refractivity contribution >= 4 is 23.6 Å². The van der Waals surface area contributed by atoms with E-state index in [4.69, 9.17) is 4.74 Å². The van der Waals surface area contributed by atoms with Crippen molar-refractivity contribution in [1.29, 1.82) is 0 Å². The summed E-state index contributed by atoms with van der Waals surface area (Å²) < 4.78 is 5.34. The Balaban J connectivity index is 1.16. The van der Waals surface area contributed by atoms with Crippen LogP contribution in [0.2, 0.25) is 0 Å². The topological polar surface area (TPSA) is 87.7 Å². The van der Waals surface area contributed by atoms with E-state index in [-0.39, 0.29) is 29.4 Å². The van der Waals surface area contributed by atoms with Crippen LogP contribution in [-0.2, 0) is 29.7 Å². The van der Waals surface area contributed by atoms with E-state index in [0.29, 0.717) is 42.9 Å². The number of rotatable bonds is 9. The van der Waals surface area contributed by atoms with Crippen molar-refractivity contribution in [2.45, 2.75) is 51.7 Å². The summed E-state index contributed by atoms with van der Waals surface area (Å²) in [5.41, 5.74) is 5.89. The third-order valence-electron chi connectivity index (χ3n) is 7.61. The summed E-state index contributed by atoms with van der Waals surface area (Å²) in [6.45, 7) is 7.63. The van der Waals surface area contributed by atoms with Gasteiger partial charge in [0.1, 0.15) is 6.61 Å². The van der Waals surface area contributed by atoms with Crippen LogP contribution in [0.25, 0.3) is 0 Å². The van der Waals surface area contributed by atoms with Gasteiger partial charge in [0.05, 0.1) is 6.04 Å². The Labute approximate surface area is 252 Å². The number of nitrogens with zero attached hydrogens (tertiary/aromatic N) is 1. The predicted octanol–water partition coefficient (Wildman–Crippen LogP) is 6.73. The Kier molecular flexibility index (Phi) is 8.90. The first-order chi connectivity index (χ1) is 20.7. The highest BCUT2D eigenvalue weighted by Crippen LogP contribution is 2.23. The van der Waals surface area contributed by atoms with Gasteiger partial charge in [-0.15, -0.1) is 0 Å². The zero-order chi connectivity index (χ0) is 30.4. The Morgan fingerprint density at radius 2 is 1.49 bits per heavy atom. The molecule has 0 aromatic heterocycles. The molecular weight excluding hydrogens is 538 g/mol. The normalized spacial score (nSPS) is 14.7. The highest BCUT2D eigenvalue weighted by atomic mass is 16.6. The molecule has 5 rings (SSSR count). The van der Waals surface area contributed by atoms with Crippen molar-refractivity contribution in [3.05, 3.63) is 137 Å². The summed E-state index contributed by atoms with van der Waals surface area (Å²) in [5, 5.41) is 5.85. The maximum Gasteiger partial charge on any atom is 0.410 e. The number of anilines is 1. The third kappa shape index (κ3) is 7.68. The van der Waals surface area contributed by atoms with Gasteiger partial charge in [0.25, 0.3) is 11.8 Å². The second-order valence-corrected chi connectivity index (χ2v) is 11.9. The zero-order valence-electron chi connectivity index (χ0n) is 24.8. The average molecular weight is 576 g/mol. The van der Waals surface area contributed by atoms with Crippen LogP contribution in [0.1, 0.15) is 63.7 Å². The number of carbonyl (C=O) groups is 3. The fraction of sp³-hybridized carbons (Fsp3) is 0.250. The molecule has 43 heavy (non-hydrogen) atoms. The number of hydrogen-bond donors (Lipinski definition) is 2. The molecule has 4 aromatic rings. The lowest BCUT2D eigenvalue weighted by Gasteiger charge is -2.22. The number of hydrogen-bond acceptors (Lipinski definition) is 4. The van der Waals surface area contributed by atoms with E-state index in [1.165, 1.54) is 5.56 Å². The Morgan fingerprint density at radius 1 is 0.791 bits per heavy atom. The fourth-order valence-electron chi connectivity index (χ4n) is 5.06. The van der Waals surface area contributed by atoms with Gasteiger partial charge in [0, 0.05) is 29.9 Å². The molecule has 0 unspecified atom stereocenters. The van der Waals surface area contributed by atoms with Gasteiger partial charge in [-0.05, 0) is 70.5 Å². The Hall–Kier alpha value is -4.91. The number of benzene rings is 4. The van der Waals surface area contributed by atoms with Crippen molar-refractivity contribution in [2.75, 3.05) is 11.9 Å². The van der Waals surface area contributed by atoms with E-state index in [1.54, 1.807) is 41.3 Å². The monoisotopic (exact) mass is 575 g/mol. The first kappa shape index (κ1) is 29.6. The van der Waals surface area contributed by atoms with Gasteiger partial charge in [-0.25, -0.2) is 4.79 Å². The molecule has 1 aliphatic heterocycles. The van der Waals surface area contributed by atoms with Gasteiger partial charge < -0.3 is 15.4 Å². The van der Waals surface area contributed by atoms with Crippen LogP contribution in [0, 0.1) is 0 Å². The molecule has 1 atom stereocenters. The van der Waals surface area contributed by atoms with Crippen LogP contribution < -0.4 is 10.6 Å². The molecule has 0 spiro atoms. The smallest absolute Gasteiger partial charge is 0.410 e. The molecule has 0 saturated carbocycles. The van der Waals surface area contributed by atoms with Crippen molar-refractivity contribution in [3.8, 4) is 0 Å². The molecule has 7 nitrogen and oxygen atoms in total. The maximum atomic E-state index is 13.0. The van der Waals surface area contributed by atoms with Gasteiger partial charge in [0.15, 0.2) is 0 Å². The van der Waals surface area contributed by atoms with Gasteiger partial charge in [-0.3, -0.25) is 14.5 Å². The summed E-state index contributed by atoms with van der Waals surface area (Å²) in [6.07, 6.45) is 0.351. The number of amides is 3. The quantitative estimate of drug-likeness (QED) is 0.232. The van der Waals surface area contributed by atoms with Gasteiger partial charge in [-0.1, -0.05) is 87.5 Å². The van der Waals surface area contributed by atoms with E-state index in [1.807, 2.05) is 54.6 Å². The molecule has 4 aromatic carbocycles. The molecular formula is C36H37N3O4. The summed E-state index contributed by atoms with van der Waals surface area (Å²) in [5.74, 6) is -0.459. The number of nitrogens with one attached hydrogen (secondary N) is 2. The molecule has 1 aliphatic rings. The van der Waals surface area contributed by atoms with Crippen molar-refractivity contribution < 1.29 is 19.1 Å². The zero-order valence-corrected chi connectivity index (χ0v) is 24.8. The van der Waals surface area contributed by atoms with Crippen LogP contribution in [0.4, 0.5) is 10.5 Å². The van der Waals surface area contributed by atoms with Gasteiger partial charge in [0.2, 0.25) is 0 Å². The lowest BCUT2D eigenvalue weighted by atomic mass is 9.87. The average Bonchev–Trinajstić information content (AvgIpc) is 3.34. The third-order valence-corrected chi connectivity index (χ3v) is 7.61. The van der Waals surface area contributed by atoms with Crippen LogP contribution in [0.15, 0.2) is 103 Å². The molecule has 1 fully saturated rings. The lowest BCUT2D eigenvalue weighted by Crippen LogP contribution is -2.34. The maximum absolute atomic E-state index is 13.0. The first-order valence-corrected chi connectivity index (χ1v) is 14.5. The van der Waals surface area contributed by atoms with E-state index >= 15 is 0 Å². The molecule has 3 amide bonds. The minimum atomic E-state index is -0.349. The molecule has 7 heteroatoms. The minimum absolute atomic E-state index is 0.0721. The Morgan fingerprint density at radius 3 is 2.19 bits per heavy atom. The second kappa shape index (κ2) is 12.9. The van der Waals surface area contributed by atoms with E-state index in [9.17, 15) is 14.4 Å². The molecule has 1 heterocycles. The predicted molar refractivity (Wildman–Crippen MR) is 168 cm³/mol. The van der Waals surface area contributed by atoms with Crippen molar-refractivity contribution in [1.82, 2.24) is 10.2 Å². The SMILES string of the molecule is CC(C)(C)c1ccc(CNC(=O)c2ccc(NC(=O)c3cccc(CN4C(=O)OC[C@H]4Cc4ccccc4)c3)cc2)cc1. The highest BCUT2D eigenvalue weighted by molar-refractivity contribution is 6.04. The van der Waals surface area contributed by atoms with Crippen LogP contribution in [0.5, 0.6) is 0 Å². The van der Waals surface area contributed by atoms with Crippen molar-refractivity contribution in [3.63, 3.8) is 0 Å². The van der Waals surface area contributed by atoms with Crippen molar-refractivity contribution in [2.24, 2.45) is 0 Å². The fourth-order valence-corrected chi connectivity index (χ4v) is 5.06. The lowest BCUT2D eigenvalue weighted by molar-refractivity contribution is 0.0950. The number of ether oxygens (including phenoxy) is 1. The Bertz CT molecular complexity index is 1580. The summed E-state index contributed by atoms with van der Waals surface area (Å²) in [4.78, 5) is 39.9. The number of carbonyl (C=O) groups excluding carboxylic acids is 3. The summed E-state index contributed by atoms with van der Waals surface area (Å²) in [7, 11) is 0. The van der Waals surface area contributed by atoms with Gasteiger partial charge in [-0.2, -0.15) is 0 Å². The molecule has 2 N–H and O–H groups in total. The minimum Gasteiger partial charge on any atom is -0.447 e. The summed E-state index contributed by atoms with van der Waals surface area (Å²) >= 11 is 0. The highest BCUT2D eigenvalue weighted by Gasteiger charge is 2.33. The summed E-state index contributed by atoms with van der Waals surface area (Å²) in [6, 6.07) is 32.2. The van der Waals surface area contributed by atoms with E-state index in [2.05, 4.69) is 43.5 Å². The van der Waals surface area contributed by atoms with Gasteiger partial charge >= 0.3 is 6.09 Å². The largest absolute Gasteiger partial charge is 0.447 e. The standard InChI is InChI=1S/C36H37N3O4/c1-36(2,3)30-16-12-26(13-17-30)22-37-33(40)28-14-18-31(19-15-28)38-34(41)29-11-7-10-27(20-29)23-39-32(24-43-35(39)42)21-25-8-5-4-6-9-25/h4-20,32H,21-24H2,1-3H3,(H,37,40)(H,38,41)/t32-/m1/s1. The van der Waals surface area contributed by atoms with E-state index < -0.39 is 0 Å². The molecule has 1 saturated heterocycles. The first-order valence-electron chi connectivity index (χ1n) is 14.5. The van der Waals surface area contributed by atoms with Crippen LogP contribution >= 0.6 is 0 Å².